The third-order valence-corrected chi connectivity index (χ3v) is 5.10. The summed E-state index contributed by atoms with van der Waals surface area (Å²) in [6.07, 6.45) is -13.6. The zero-order chi connectivity index (χ0) is 23.7. The van der Waals surface area contributed by atoms with Crippen LogP contribution in [0, 0.1) is 0 Å². The third kappa shape index (κ3) is 6.74. The number of aliphatic carboxylic acids is 1. The maximum Gasteiger partial charge on any atom is 0.397 e. The van der Waals surface area contributed by atoms with Crippen LogP contribution in [-0.2, 0) is 43.9 Å². The van der Waals surface area contributed by atoms with Gasteiger partial charge in [0, 0.05) is 0 Å². The summed E-state index contributed by atoms with van der Waals surface area (Å²) < 4.78 is 82.5. The lowest BCUT2D eigenvalue weighted by Gasteiger charge is -2.44. The van der Waals surface area contributed by atoms with Gasteiger partial charge in [0.2, 0.25) is 12.0 Å². The Morgan fingerprint density at radius 1 is 1.13 bits per heavy atom. The summed E-state index contributed by atoms with van der Waals surface area (Å²) in [4.78, 5) is 11.1. The molecule has 2 rings (SSSR count). The van der Waals surface area contributed by atoms with Crippen LogP contribution in [0.1, 0.15) is 0 Å². The number of rotatable bonds is 8. The lowest BCUT2D eigenvalue weighted by molar-refractivity contribution is -0.303. The molecule has 0 aliphatic carbocycles. The molecule has 2 aliphatic heterocycles. The Kier molecular flexibility index (Phi) is 7.95. The van der Waals surface area contributed by atoms with Crippen molar-refractivity contribution in [3.8, 4) is 0 Å². The molecule has 0 spiro atoms. The fourth-order valence-corrected chi connectivity index (χ4v) is 3.90. The largest absolute Gasteiger partial charge is 0.475 e. The van der Waals surface area contributed by atoms with E-state index in [9.17, 15) is 42.1 Å². The summed E-state index contributed by atoms with van der Waals surface area (Å²) in [5.74, 6) is -2.69. The van der Waals surface area contributed by atoms with Gasteiger partial charge in [0.1, 0.15) is 30.5 Å². The smallest absolute Gasteiger partial charge is 0.397 e. The van der Waals surface area contributed by atoms with Crippen LogP contribution in [0.4, 0.5) is 0 Å². The lowest BCUT2D eigenvalue weighted by atomic mass is 9.97. The summed E-state index contributed by atoms with van der Waals surface area (Å²) in [7, 11) is -10.2. The fourth-order valence-electron chi connectivity index (χ4n) is 2.82. The number of aliphatic hydroxyl groups is 4. The van der Waals surface area contributed by atoms with Crippen molar-refractivity contribution >= 4 is 26.7 Å². The summed E-state index contributed by atoms with van der Waals surface area (Å²) in [5.41, 5.74) is 0. The van der Waals surface area contributed by atoms with Crippen molar-refractivity contribution in [2.45, 2.75) is 49.1 Å². The molecule has 1 saturated heterocycles. The average molecular weight is 497 g/mol. The minimum absolute atomic E-state index is 0.516. The molecule has 0 aromatic carbocycles. The van der Waals surface area contributed by atoms with Gasteiger partial charge in [0.15, 0.2) is 12.4 Å². The molecular formula is C12H19NO16S2. The van der Waals surface area contributed by atoms with Gasteiger partial charge >= 0.3 is 26.7 Å². The number of nitrogens with one attached hydrogen (secondary N) is 1. The molecule has 8 N–H and O–H groups in total. The van der Waals surface area contributed by atoms with Crippen LogP contribution in [0.3, 0.4) is 0 Å². The monoisotopic (exact) mass is 497 g/mol. The number of ether oxygens (including phenoxy) is 3. The molecule has 0 aromatic heterocycles. The normalized spacial score (nSPS) is 37.0. The van der Waals surface area contributed by atoms with E-state index >= 15 is 0 Å². The molecule has 0 bridgehead atoms. The van der Waals surface area contributed by atoms with Gasteiger partial charge in [-0.15, -0.1) is 0 Å². The molecule has 31 heavy (non-hydrogen) atoms. The number of hydrogen-bond donors (Lipinski definition) is 8. The number of hydrogen-bond acceptors (Lipinski definition) is 13. The fraction of sp³-hybridized carbons (Fsp3) is 0.750. The van der Waals surface area contributed by atoms with Crippen LogP contribution in [0.15, 0.2) is 11.8 Å². The quantitative estimate of drug-likeness (QED) is 0.146. The van der Waals surface area contributed by atoms with Gasteiger partial charge in [0.25, 0.3) is 0 Å². The molecule has 17 nitrogen and oxygen atoms in total. The van der Waals surface area contributed by atoms with E-state index in [1.807, 2.05) is 0 Å². The van der Waals surface area contributed by atoms with E-state index in [2.05, 4.69) is 4.18 Å². The first-order valence-corrected chi connectivity index (χ1v) is 10.9. The van der Waals surface area contributed by atoms with Crippen LogP contribution in [0.2, 0.25) is 0 Å². The first-order valence-electron chi connectivity index (χ1n) is 8.11. The van der Waals surface area contributed by atoms with Gasteiger partial charge in [-0.1, -0.05) is 0 Å². The summed E-state index contributed by atoms with van der Waals surface area (Å²) in [5, 5.41) is 48.6. The zero-order valence-corrected chi connectivity index (χ0v) is 16.7. The second kappa shape index (κ2) is 9.56. The van der Waals surface area contributed by atoms with Crippen LogP contribution in [-0.4, -0.2) is 113 Å². The molecule has 0 radical (unpaired) electrons. The molecule has 0 aromatic rings. The number of aliphatic hydroxyl groups excluding tert-OH is 4. The Balaban J connectivity index is 2.36. The molecule has 0 saturated carbocycles. The van der Waals surface area contributed by atoms with Crippen molar-refractivity contribution in [1.82, 2.24) is 4.72 Å². The van der Waals surface area contributed by atoms with E-state index in [1.54, 1.807) is 0 Å². The summed E-state index contributed by atoms with van der Waals surface area (Å²) in [6.45, 7) is -0.974. The van der Waals surface area contributed by atoms with Gasteiger partial charge in [-0.25, -0.2) is 8.98 Å². The highest BCUT2D eigenvalue weighted by atomic mass is 32.3. The predicted octanol–water partition coefficient (Wildman–Crippen LogP) is -4.92. The van der Waals surface area contributed by atoms with Crippen LogP contribution >= 0.6 is 0 Å². The predicted molar refractivity (Wildman–Crippen MR) is 90.3 cm³/mol. The van der Waals surface area contributed by atoms with E-state index in [0.717, 1.165) is 0 Å². The van der Waals surface area contributed by atoms with Crippen LogP contribution in [0.25, 0.3) is 0 Å². The maximum atomic E-state index is 11.1. The molecule has 2 heterocycles. The summed E-state index contributed by atoms with van der Waals surface area (Å²) in [6, 6.07) is -1.98. The van der Waals surface area contributed by atoms with E-state index in [1.165, 1.54) is 4.72 Å². The van der Waals surface area contributed by atoms with Crippen molar-refractivity contribution in [3.63, 3.8) is 0 Å². The van der Waals surface area contributed by atoms with Gasteiger partial charge in [-0.05, 0) is 6.08 Å². The Morgan fingerprint density at radius 3 is 2.23 bits per heavy atom. The molecule has 0 amide bonds. The van der Waals surface area contributed by atoms with Crippen molar-refractivity contribution in [2.75, 3.05) is 6.61 Å². The second-order valence-electron chi connectivity index (χ2n) is 6.26. The Morgan fingerprint density at radius 2 is 1.74 bits per heavy atom. The Hall–Kier alpha value is -1.49. The number of carbonyl (C=O) groups is 1. The number of carboxylic acids is 1. The summed E-state index contributed by atoms with van der Waals surface area (Å²) >= 11 is 0. The molecule has 19 heteroatoms. The first kappa shape index (κ1) is 25.8. The highest BCUT2D eigenvalue weighted by molar-refractivity contribution is 7.83. The first-order chi connectivity index (χ1) is 14.1. The van der Waals surface area contributed by atoms with Crippen molar-refractivity contribution in [2.24, 2.45) is 0 Å². The molecule has 1 fully saturated rings. The van der Waals surface area contributed by atoms with Crippen molar-refractivity contribution in [3.05, 3.63) is 11.8 Å². The van der Waals surface area contributed by atoms with Gasteiger partial charge in [-0.3, -0.25) is 9.11 Å². The maximum absolute atomic E-state index is 11.1. The van der Waals surface area contributed by atoms with Crippen molar-refractivity contribution in [1.29, 1.82) is 0 Å². The molecular weight excluding hydrogens is 478 g/mol. The Labute approximate surface area is 174 Å². The zero-order valence-electron chi connectivity index (χ0n) is 15.0. The number of carboxylic acid groups (broad SMARTS) is 1. The van der Waals surface area contributed by atoms with Crippen LogP contribution in [0.5, 0.6) is 0 Å². The van der Waals surface area contributed by atoms with Gasteiger partial charge < -0.3 is 39.7 Å². The molecule has 2 aliphatic rings. The molecule has 8 atom stereocenters. The van der Waals surface area contributed by atoms with Crippen LogP contribution < -0.4 is 4.72 Å². The highest BCUT2D eigenvalue weighted by Crippen LogP contribution is 2.29. The van der Waals surface area contributed by atoms with Gasteiger partial charge in [-0.2, -0.15) is 21.6 Å². The molecule has 180 valence electrons. The van der Waals surface area contributed by atoms with E-state index in [4.69, 9.17) is 28.4 Å². The third-order valence-electron chi connectivity index (χ3n) is 4.06. The van der Waals surface area contributed by atoms with E-state index in [0.29, 0.717) is 6.08 Å². The highest BCUT2D eigenvalue weighted by Gasteiger charge is 2.50. The van der Waals surface area contributed by atoms with Gasteiger partial charge in [0.05, 0.1) is 6.61 Å². The van der Waals surface area contributed by atoms with E-state index < -0.39 is 88.2 Å². The van der Waals surface area contributed by atoms with Crippen molar-refractivity contribution < 1.29 is 74.7 Å². The Bertz CT molecular complexity index is 902. The minimum Gasteiger partial charge on any atom is -0.475 e. The standard InChI is InChI=1S/C12H19NO16S2/c14-2-5-9(7(16)6(11(19)26-5)13-30(20,21)22)28-12-8(29-31(23,24)25)3(15)1-4(27-12)10(17)18/h1,3,5-9,11-16,19H,2H2,(H,17,18)(H,20,21,22)(H,23,24,25)/t3-,5+,6+,7+,8+,9+,11+,12-/m0/s1. The molecule has 0 unspecified atom stereocenters. The lowest BCUT2D eigenvalue weighted by Crippen LogP contribution is -2.66. The minimum atomic E-state index is -5.25. The SMILES string of the molecule is O=C(O)C1=C[C@H](O)[C@@H](OS(=O)(=O)O)[C@H](O[C@H]2[C@H](O)[C@@H](NS(=O)(=O)O)[C@H](O)O[C@@H]2CO)O1. The second-order valence-corrected chi connectivity index (χ2v) is 8.49. The van der Waals surface area contributed by atoms with E-state index in [-0.39, 0.29) is 0 Å². The average Bonchev–Trinajstić information content (AvgIpc) is 2.61. The topological polar surface area (TPSA) is 276 Å².